The third-order valence-electron chi connectivity index (χ3n) is 9.66. The van der Waals surface area contributed by atoms with E-state index in [1.165, 1.54) is 42.1 Å². The normalized spacial score (nSPS) is 11.7. The van der Waals surface area contributed by atoms with Crippen LogP contribution < -0.4 is 4.90 Å². The van der Waals surface area contributed by atoms with Crippen LogP contribution in [0.5, 0.6) is 0 Å². The van der Waals surface area contributed by atoms with Gasteiger partial charge in [0.2, 0.25) is 0 Å². The van der Waals surface area contributed by atoms with E-state index in [4.69, 9.17) is 4.42 Å². The minimum atomic E-state index is 0.873. The van der Waals surface area contributed by atoms with Crippen molar-refractivity contribution >= 4 is 81.3 Å². The number of thiophene rings is 1. The van der Waals surface area contributed by atoms with Gasteiger partial charge in [-0.2, -0.15) is 0 Å². The Bertz CT molecular complexity index is 2830. The number of nitrogens with zero attached hydrogens (tertiary/aromatic N) is 1. The maximum absolute atomic E-state index is 6.80. The molecule has 0 radical (unpaired) electrons. The Morgan fingerprint density at radius 3 is 1.96 bits per heavy atom. The summed E-state index contributed by atoms with van der Waals surface area (Å²) in [6.07, 6.45) is 0. The highest BCUT2D eigenvalue weighted by atomic mass is 32.1. The van der Waals surface area contributed by atoms with Crippen molar-refractivity contribution in [2.75, 3.05) is 4.90 Å². The molecule has 2 aromatic heterocycles. The number of hydrogen-bond acceptors (Lipinski definition) is 3. The van der Waals surface area contributed by atoms with Gasteiger partial charge in [-0.05, 0) is 76.0 Å². The van der Waals surface area contributed by atoms with Gasteiger partial charge in [0, 0.05) is 47.9 Å². The first kappa shape index (κ1) is 27.9. The van der Waals surface area contributed by atoms with Gasteiger partial charge in [-0.25, -0.2) is 0 Å². The molecule has 0 saturated carbocycles. The largest absolute Gasteiger partial charge is 0.454 e. The molecule has 0 fully saturated rings. The fourth-order valence-electron chi connectivity index (χ4n) is 7.28. The third-order valence-corrected chi connectivity index (χ3v) is 10.8. The van der Waals surface area contributed by atoms with Crippen molar-refractivity contribution in [1.82, 2.24) is 0 Å². The number of para-hydroxylation sites is 1. The SMILES string of the molecule is c1ccc(-c2ccc3c(oc4ccccc43)c2N(c2ccc(-c3ccc4ccccc4c3)cc2)c2ccc3c(c2)sc2ccccc23)cc1. The summed E-state index contributed by atoms with van der Waals surface area (Å²) in [5.74, 6) is 0. The molecule has 0 saturated heterocycles. The van der Waals surface area contributed by atoms with Gasteiger partial charge in [0.05, 0.1) is 5.69 Å². The van der Waals surface area contributed by atoms with Crippen molar-refractivity contribution in [2.45, 2.75) is 0 Å². The Hall–Kier alpha value is -6.16. The summed E-state index contributed by atoms with van der Waals surface area (Å²) in [6, 6.07) is 63.2. The van der Waals surface area contributed by atoms with Gasteiger partial charge in [-0.1, -0.05) is 127 Å². The molecule has 2 nitrogen and oxygen atoms in total. The van der Waals surface area contributed by atoms with Gasteiger partial charge in [-0.15, -0.1) is 11.3 Å². The standard InChI is InChI=1S/C46H29NOS/c1-2-11-32(12-3-1)37-26-27-41-38-14-6-8-16-42(38)48-46(41)45(37)47(36-24-25-40-39-15-7-9-17-43(39)49-44(40)29-36)35-22-20-31(21-23-35)34-19-18-30-10-4-5-13-33(30)28-34/h1-29H. The molecule has 0 atom stereocenters. The Labute approximate surface area is 287 Å². The molecular formula is C46H29NOS. The summed E-state index contributed by atoms with van der Waals surface area (Å²) in [7, 11) is 0. The molecule has 0 unspecified atom stereocenters. The van der Waals surface area contributed by atoms with Crippen LogP contribution in [0.1, 0.15) is 0 Å². The van der Waals surface area contributed by atoms with Gasteiger partial charge in [0.15, 0.2) is 5.58 Å². The molecule has 8 aromatic carbocycles. The molecule has 3 heteroatoms. The Kier molecular flexibility index (Phi) is 6.39. The molecule has 0 amide bonds. The molecule has 10 rings (SSSR count). The molecule has 0 spiro atoms. The van der Waals surface area contributed by atoms with Crippen molar-refractivity contribution in [3.63, 3.8) is 0 Å². The van der Waals surface area contributed by atoms with Crippen LogP contribution in [-0.2, 0) is 0 Å². The smallest absolute Gasteiger partial charge is 0.160 e. The lowest BCUT2D eigenvalue weighted by Gasteiger charge is -2.28. The van der Waals surface area contributed by atoms with Gasteiger partial charge in [-0.3, -0.25) is 0 Å². The van der Waals surface area contributed by atoms with E-state index in [9.17, 15) is 0 Å². The zero-order valence-corrected chi connectivity index (χ0v) is 27.3. The maximum atomic E-state index is 6.80. The number of furan rings is 1. The number of hydrogen-bond donors (Lipinski definition) is 0. The van der Waals surface area contributed by atoms with Crippen molar-refractivity contribution in [3.8, 4) is 22.3 Å². The summed E-state index contributed by atoms with van der Waals surface area (Å²) >= 11 is 1.84. The Morgan fingerprint density at radius 2 is 1.08 bits per heavy atom. The van der Waals surface area contributed by atoms with Crippen LogP contribution in [-0.4, -0.2) is 0 Å². The number of rotatable bonds is 5. The van der Waals surface area contributed by atoms with Crippen molar-refractivity contribution < 1.29 is 4.42 Å². The first-order chi connectivity index (χ1) is 24.3. The second-order valence-electron chi connectivity index (χ2n) is 12.5. The summed E-state index contributed by atoms with van der Waals surface area (Å²) in [5.41, 5.74) is 9.57. The van der Waals surface area contributed by atoms with Gasteiger partial charge < -0.3 is 9.32 Å². The van der Waals surface area contributed by atoms with E-state index in [1.807, 2.05) is 17.4 Å². The molecule has 0 bridgehead atoms. The van der Waals surface area contributed by atoms with Crippen LogP contribution >= 0.6 is 11.3 Å². The van der Waals surface area contributed by atoms with Crippen molar-refractivity contribution in [2.24, 2.45) is 0 Å². The van der Waals surface area contributed by atoms with E-state index in [1.54, 1.807) is 0 Å². The molecule has 0 N–H and O–H groups in total. The first-order valence-corrected chi connectivity index (χ1v) is 17.4. The van der Waals surface area contributed by atoms with E-state index < -0.39 is 0 Å². The minimum absolute atomic E-state index is 0.873. The topological polar surface area (TPSA) is 16.4 Å². The highest BCUT2D eigenvalue weighted by molar-refractivity contribution is 7.25. The summed E-state index contributed by atoms with van der Waals surface area (Å²) in [4.78, 5) is 2.39. The maximum Gasteiger partial charge on any atom is 0.160 e. The molecule has 2 heterocycles. The fourth-order valence-corrected chi connectivity index (χ4v) is 8.42. The molecule has 49 heavy (non-hydrogen) atoms. The van der Waals surface area contributed by atoms with Crippen LogP contribution in [0, 0.1) is 0 Å². The highest BCUT2D eigenvalue weighted by Gasteiger charge is 2.24. The summed E-state index contributed by atoms with van der Waals surface area (Å²) < 4.78 is 9.36. The monoisotopic (exact) mass is 643 g/mol. The zero-order valence-electron chi connectivity index (χ0n) is 26.5. The molecule has 0 aliphatic heterocycles. The van der Waals surface area contributed by atoms with Gasteiger partial charge >= 0.3 is 0 Å². The van der Waals surface area contributed by atoms with E-state index in [-0.39, 0.29) is 0 Å². The number of anilines is 3. The third kappa shape index (κ3) is 4.62. The molecule has 230 valence electrons. The van der Waals surface area contributed by atoms with E-state index >= 15 is 0 Å². The predicted octanol–water partition coefficient (Wildman–Crippen LogP) is 13.9. The molecular weight excluding hydrogens is 615 g/mol. The van der Waals surface area contributed by atoms with Crippen molar-refractivity contribution in [3.05, 3.63) is 176 Å². The van der Waals surface area contributed by atoms with Crippen LogP contribution in [0.3, 0.4) is 0 Å². The predicted molar refractivity (Wildman–Crippen MR) is 210 cm³/mol. The fraction of sp³-hybridized carbons (Fsp3) is 0. The Balaban J connectivity index is 1.23. The van der Waals surface area contributed by atoms with E-state index in [2.05, 4.69) is 175 Å². The molecule has 10 aromatic rings. The minimum Gasteiger partial charge on any atom is -0.454 e. The van der Waals surface area contributed by atoms with Crippen LogP contribution in [0.15, 0.2) is 180 Å². The lowest BCUT2D eigenvalue weighted by molar-refractivity contribution is 0.669. The Morgan fingerprint density at radius 1 is 0.408 bits per heavy atom. The highest BCUT2D eigenvalue weighted by Crippen LogP contribution is 2.49. The van der Waals surface area contributed by atoms with Gasteiger partial charge in [0.1, 0.15) is 5.58 Å². The van der Waals surface area contributed by atoms with E-state index in [0.29, 0.717) is 0 Å². The lowest BCUT2D eigenvalue weighted by Crippen LogP contribution is -2.11. The zero-order chi connectivity index (χ0) is 32.3. The van der Waals surface area contributed by atoms with Crippen LogP contribution in [0.25, 0.3) is 75.1 Å². The summed E-state index contributed by atoms with van der Waals surface area (Å²) in [5, 5.41) is 7.28. The van der Waals surface area contributed by atoms with Crippen LogP contribution in [0.2, 0.25) is 0 Å². The molecule has 0 aliphatic rings. The van der Waals surface area contributed by atoms with E-state index in [0.717, 1.165) is 50.1 Å². The average molecular weight is 644 g/mol. The lowest BCUT2D eigenvalue weighted by atomic mass is 9.98. The second kappa shape index (κ2) is 11.2. The van der Waals surface area contributed by atoms with Crippen molar-refractivity contribution in [1.29, 1.82) is 0 Å². The van der Waals surface area contributed by atoms with Crippen LogP contribution in [0.4, 0.5) is 17.1 Å². The second-order valence-corrected chi connectivity index (χ2v) is 13.6. The average Bonchev–Trinajstić information content (AvgIpc) is 3.74. The number of fused-ring (bicyclic) bond motifs is 7. The summed E-state index contributed by atoms with van der Waals surface area (Å²) in [6.45, 7) is 0. The first-order valence-electron chi connectivity index (χ1n) is 16.6. The quantitative estimate of drug-likeness (QED) is 0.186. The van der Waals surface area contributed by atoms with Gasteiger partial charge in [0.25, 0.3) is 0 Å². The number of benzene rings is 8. The molecule has 0 aliphatic carbocycles.